The number of hydrogen-bond donors (Lipinski definition) is 1. The largest absolute Gasteiger partial charge is 0.460 e. The lowest BCUT2D eigenvalue weighted by Crippen LogP contribution is -2.34. The molecule has 130 valence electrons. The summed E-state index contributed by atoms with van der Waals surface area (Å²) in [7, 11) is -3.36. The predicted octanol–water partition coefficient (Wildman–Crippen LogP) is 0.186. The van der Waals surface area contributed by atoms with E-state index in [1.54, 1.807) is 19.1 Å². The molecule has 0 saturated carbocycles. The molecular formula is C15H19N3O5S. The average molecular weight is 353 g/mol. The van der Waals surface area contributed by atoms with Crippen LogP contribution in [0.4, 0.5) is 0 Å². The van der Waals surface area contributed by atoms with Crippen molar-refractivity contribution < 1.29 is 17.9 Å². The maximum absolute atomic E-state index is 12.4. The maximum atomic E-state index is 12.4. The predicted molar refractivity (Wildman–Crippen MR) is 89.1 cm³/mol. The fraction of sp³-hybridized carbons (Fsp3) is 0.400. The quantitative estimate of drug-likeness (QED) is 0.743. The summed E-state index contributed by atoms with van der Waals surface area (Å²) in [6, 6.07) is 5.25. The van der Waals surface area contributed by atoms with E-state index in [0.29, 0.717) is 10.9 Å². The number of hydrogen-bond acceptors (Lipinski definition) is 6. The van der Waals surface area contributed by atoms with E-state index in [-0.39, 0.29) is 18.6 Å². The molecule has 0 unspecified atom stereocenters. The Bertz CT molecular complexity index is 920. The summed E-state index contributed by atoms with van der Waals surface area (Å²) >= 11 is 0. The third-order valence-electron chi connectivity index (χ3n) is 3.32. The van der Waals surface area contributed by atoms with Crippen molar-refractivity contribution in [3.63, 3.8) is 0 Å². The summed E-state index contributed by atoms with van der Waals surface area (Å²) in [5.41, 5.74) is 1.14. The van der Waals surface area contributed by atoms with Crippen molar-refractivity contribution in [2.24, 2.45) is 0 Å². The Hall–Kier alpha value is -2.26. The number of aryl methyl sites for hydroxylation is 1. The van der Waals surface area contributed by atoms with Crippen molar-refractivity contribution >= 4 is 26.9 Å². The van der Waals surface area contributed by atoms with Gasteiger partial charge in [-0.2, -0.15) is 0 Å². The van der Waals surface area contributed by atoms with Gasteiger partial charge in [-0.05, 0) is 25.5 Å². The van der Waals surface area contributed by atoms with Crippen molar-refractivity contribution in [3.8, 4) is 0 Å². The first-order valence-electron chi connectivity index (χ1n) is 7.26. The van der Waals surface area contributed by atoms with Gasteiger partial charge >= 0.3 is 5.97 Å². The Morgan fingerprint density at radius 2 is 2.12 bits per heavy atom. The van der Waals surface area contributed by atoms with Crippen LogP contribution in [0.3, 0.4) is 0 Å². The standard InChI is InChI=1S/C15H19N3O5S/c1-10-5-4-6-12-14(10)16-9-18(15(12)20)8-13(19)23-11(2)7-17-24(3,21)22/h4-6,9,11,17H,7-8H2,1-3H3/t11-/m0/s1. The molecule has 0 amide bonds. The van der Waals surface area contributed by atoms with E-state index in [1.807, 2.05) is 13.0 Å². The van der Waals surface area contributed by atoms with E-state index in [0.717, 1.165) is 11.8 Å². The fourth-order valence-electron chi connectivity index (χ4n) is 2.16. The Kier molecular flexibility index (Phi) is 5.35. The first kappa shape index (κ1) is 18.1. The molecule has 0 saturated heterocycles. The lowest BCUT2D eigenvalue weighted by Gasteiger charge is -2.14. The number of para-hydroxylation sites is 1. The number of nitrogens with one attached hydrogen (secondary N) is 1. The summed E-state index contributed by atoms with van der Waals surface area (Å²) in [4.78, 5) is 28.5. The molecule has 9 heteroatoms. The normalized spacial score (nSPS) is 13.0. The summed E-state index contributed by atoms with van der Waals surface area (Å²) in [5.74, 6) is -0.645. The third kappa shape index (κ3) is 4.62. The van der Waals surface area contributed by atoms with E-state index in [2.05, 4.69) is 9.71 Å². The van der Waals surface area contributed by atoms with Crippen molar-refractivity contribution in [3.05, 3.63) is 40.4 Å². The van der Waals surface area contributed by atoms with Gasteiger partial charge in [0.2, 0.25) is 10.0 Å². The first-order chi connectivity index (χ1) is 11.2. The number of nitrogens with zero attached hydrogens (tertiary/aromatic N) is 2. The molecular weight excluding hydrogens is 334 g/mol. The van der Waals surface area contributed by atoms with Crippen LogP contribution in [0, 0.1) is 6.92 Å². The van der Waals surface area contributed by atoms with Crippen molar-refractivity contribution in [1.29, 1.82) is 0 Å². The zero-order valence-electron chi connectivity index (χ0n) is 13.6. The van der Waals surface area contributed by atoms with E-state index in [1.165, 1.54) is 10.9 Å². The van der Waals surface area contributed by atoms with E-state index in [9.17, 15) is 18.0 Å². The highest BCUT2D eigenvalue weighted by Gasteiger charge is 2.14. The van der Waals surface area contributed by atoms with Crippen LogP contribution in [0.5, 0.6) is 0 Å². The highest BCUT2D eigenvalue weighted by Crippen LogP contribution is 2.11. The fourth-order valence-corrected chi connectivity index (χ4v) is 2.70. The lowest BCUT2D eigenvalue weighted by molar-refractivity contribution is -0.148. The average Bonchev–Trinajstić information content (AvgIpc) is 2.48. The van der Waals surface area contributed by atoms with Crippen molar-refractivity contribution in [2.45, 2.75) is 26.5 Å². The van der Waals surface area contributed by atoms with Gasteiger partial charge in [0.15, 0.2) is 0 Å². The maximum Gasteiger partial charge on any atom is 0.326 e. The second-order valence-electron chi connectivity index (χ2n) is 5.57. The Morgan fingerprint density at radius 1 is 1.42 bits per heavy atom. The smallest absolute Gasteiger partial charge is 0.326 e. The van der Waals surface area contributed by atoms with Crippen LogP contribution in [-0.4, -0.2) is 42.8 Å². The van der Waals surface area contributed by atoms with Crippen LogP contribution < -0.4 is 10.3 Å². The van der Waals surface area contributed by atoms with E-state index < -0.39 is 22.1 Å². The molecule has 8 nitrogen and oxygen atoms in total. The number of aromatic nitrogens is 2. The van der Waals surface area contributed by atoms with Gasteiger partial charge in [-0.1, -0.05) is 12.1 Å². The number of fused-ring (bicyclic) bond motifs is 1. The lowest BCUT2D eigenvalue weighted by atomic mass is 10.1. The number of sulfonamides is 1. The third-order valence-corrected chi connectivity index (χ3v) is 4.01. The number of benzene rings is 1. The minimum Gasteiger partial charge on any atom is -0.460 e. The number of carbonyl (C=O) groups excluding carboxylic acids is 1. The number of esters is 1. The van der Waals surface area contributed by atoms with Gasteiger partial charge in [-0.3, -0.25) is 14.2 Å². The van der Waals surface area contributed by atoms with Gasteiger partial charge in [-0.25, -0.2) is 18.1 Å². The van der Waals surface area contributed by atoms with Gasteiger partial charge in [0.25, 0.3) is 5.56 Å². The Balaban J connectivity index is 2.08. The summed E-state index contributed by atoms with van der Waals surface area (Å²) in [6.45, 7) is 3.08. The number of ether oxygens (including phenoxy) is 1. The van der Waals surface area contributed by atoms with Gasteiger partial charge in [-0.15, -0.1) is 0 Å². The molecule has 0 bridgehead atoms. The summed E-state index contributed by atoms with van der Waals surface area (Å²) in [6.07, 6.45) is 1.67. The SMILES string of the molecule is Cc1cccc2c(=O)n(CC(=O)O[C@@H](C)CNS(C)(=O)=O)cnc12. The van der Waals surface area contributed by atoms with Crippen LogP contribution in [0.2, 0.25) is 0 Å². The minimum atomic E-state index is -3.36. The van der Waals surface area contributed by atoms with Crippen molar-refractivity contribution in [1.82, 2.24) is 14.3 Å². The van der Waals surface area contributed by atoms with Crippen LogP contribution in [0.25, 0.3) is 10.9 Å². The second-order valence-corrected chi connectivity index (χ2v) is 7.40. The molecule has 1 N–H and O–H groups in total. The zero-order chi connectivity index (χ0) is 17.9. The molecule has 1 heterocycles. The highest BCUT2D eigenvalue weighted by molar-refractivity contribution is 7.88. The molecule has 1 aromatic heterocycles. The molecule has 2 rings (SSSR count). The number of carbonyl (C=O) groups is 1. The van der Waals surface area contributed by atoms with Crippen molar-refractivity contribution in [2.75, 3.05) is 12.8 Å². The molecule has 0 aliphatic carbocycles. The van der Waals surface area contributed by atoms with Crippen LogP contribution in [0.15, 0.2) is 29.3 Å². The van der Waals surface area contributed by atoms with Crippen LogP contribution in [-0.2, 0) is 26.1 Å². The molecule has 0 aliphatic rings. The molecule has 0 radical (unpaired) electrons. The topological polar surface area (TPSA) is 107 Å². The molecule has 0 spiro atoms. The summed E-state index contributed by atoms with van der Waals surface area (Å²) < 4.78 is 30.5. The molecule has 1 atom stereocenters. The highest BCUT2D eigenvalue weighted by atomic mass is 32.2. The monoisotopic (exact) mass is 353 g/mol. The Labute approximate surface area is 139 Å². The van der Waals surface area contributed by atoms with Gasteiger partial charge in [0.1, 0.15) is 12.6 Å². The second kappa shape index (κ2) is 7.10. The molecule has 0 aliphatic heterocycles. The van der Waals surface area contributed by atoms with E-state index in [4.69, 9.17) is 4.74 Å². The molecule has 24 heavy (non-hydrogen) atoms. The van der Waals surface area contributed by atoms with Gasteiger partial charge in [0.05, 0.1) is 23.5 Å². The van der Waals surface area contributed by atoms with E-state index >= 15 is 0 Å². The molecule has 2 aromatic rings. The molecule has 0 fully saturated rings. The minimum absolute atomic E-state index is 0.0331. The van der Waals surface area contributed by atoms with Crippen LogP contribution in [0.1, 0.15) is 12.5 Å². The first-order valence-corrected chi connectivity index (χ1v) is 9.15. The number of rotatable bonds is 6. The molecule has 1 aromatic carbocycles. The van der Waals surface area contributed by atoms with Gasteiger partial charge in [0, 0.05) is 6.54 Å². The van der Waals surface area contributed by atoms with Gasteiger partial charge < -0.3 is 4.74 Å². The summed E-state index contributed by atoms with van der Waals surface area (Å²) in [5, 5.41) is 0.428. The zero-order valence-corrected chi connectivity index (χ0v) is 14.5. The Morgan fingerprint density at radius 3 is 2.79 bits per heavy atom. The van der Waals surface area contributed by atoms with Crippen LogP contribution >= 0.6 is 0 Å².